The molecule has 0 spiro atoms. The lowest BCUT2D eigenvalue weighted by Gasteiger charge is -2.34. The fraction of sp³-hybridized carbons (Fsp3) is 0.400. The molecule has 0 aromatic heterocycles. The van der Waals surface area contributed by atoms with E-state index < -0.39 is 12.2 Å². The summed E-state index contributed by atoms with van der Waals surface area (Å²) in [5.74, 6) is 3.03. The van der Waals surface area contributed by atoms with Crippen LogP contribution in [0.4, 0.5) is 4.79 Å². The van der Waals surface area contributed by atoms with E-state index in [4.69, 9.17) is 16.3 Å². The van der Waals surface area contributed by atoms with Crippen LogP contribution in [0.15, 0.2) is 24.3 Å². The van der Waals surface area contributed by atoms with Gasteiger partial charge in [0.25, 0.3) is 0 Å². The van der Waals surface area contributed by atoms with E-state index in [0.717, 1.165) is 5.56 Å². The molecule has 0 bridgehead atoms. The fourth-order valence-corrected chi connectivity index (χ4v) is 2.43. The number of amides is 1. The number of carbonyl (C=O) groups is 1. The van der Waals surface area contributed by atoms with Crippen molar-refractivity contribution >= 4 is 6.09 Å². The highest BCUT2D eigenvalue weighted by molar-refractivity contribution is 5.65. The lowest BCUT2D eigenvalue weighted by molar-refractivity contribution is 0.0504. The molecule has 1 aliphatic rings. The number of β-amino-alcohol motifs (C(OH)–C–C–N with tert-alkyl or cyclic N) is 1. The van der Waals surface area contributed by atoms with Crippen LogP contribution in [0.3, 0.4) is 0 Å². The predicted molar refractivity (Wildman–Crippen MR) is 73.7 cm³/mol. The van der Waals surface area contributed by atoms with Gasteiger partial charge in [0, 0.05) is 12.5 Å². The summed E-state index contributed by atoms with van der Waals surface area (Å²) in [6, 6.07) is 7.39. The van der Waals surface area contributed by atoms with Gasteiger partial charge in [-0.25, -0.2) is 4.79 Å². The second-order valence-electron chi connectivity index (χ2n) is 4.75. The number of aliphatic hydroxyl groups is 1. The van der Waals surface area contributed by atoms with Crippen LogP contribution in [0.1, 0.15) is 17.9 Å². The second kappa shape index (κ2) is 6.31. The third kappa shape index (κ3) is 3.22. The minimum Gasteiger partial charge on any atom is -0.481 e. The molecular formula is C15H17NO4. The Morgan fingerprint density at radius 2 is 2.15 bits per heavy atom. The first-order chi connectivity index (χ1) is 9.61. The SMILES string of the molecule is C#CCOc1ccc(C2CCN(C(=O)O)CC2O)cc1. The van der Waals surface area contributed by atoms with E-state index >= 15 is 0 Å². The number of hydrogen-bond donors (Lipinski definition) is 2. The second-order valence-corrected chi connectivity index (χ2v) is 4.75. The number of benzene rings is 1. The molecule has 20 heavy (non-hydrogen) atoms. The normalized spacial score (nSPS) is 22.1. The Bertz CT molecular complexity index is 506. The quantitative estimate of drug-likeness (QED) is 0.821. The van der Waals surface area contributed by atoms with Gasteiger partial charge in [0.1, 0.15) is 12.4 Å². The van der Waals surface area contributed by atoms with E-state index in [1.54, 1.807) is 0 Å². The van der Waals surface area contributed by atoms with Crippen LogP contribution in [0.2, 0.25) is 0 Å². The van der Waals surface area contributed by atoms with Gasteiger partial charge in [-0.15, -0.1) is 6.42 Å². The first-order valence-corrected chi connectivity index (χ1v) is 6.44. The average Bonchev–Trinajstić information content (AvgIpc) is 2.45. The molecule has 0 radical (unpaired) electrons. The van der Waals surface area contributed by atoms with Gasteiger partial charge < -0.3 is 19.8 Å². The van der Waals surface area contributed by atoms with Gasteiger partial charge >= 0.3 is 6.09 Å². The zero-order valence-corrected chi connectivity index (χ0v) is 11.0. The molecular weight excluding hydrogens is 258 g/mol. The number of rotatable bonds is 3. The molecule has 2 atom stereocenters. The number of terminal acetylenes is 1. The van der Waals surface area contributed by atoms with E-state index in [1.165, 1.54) is 4.90 Å². The Labute approximate surface area is 117 Å². The summed E-state index contributed by atoms with van der Waals surface area (Å²) in [7, 11) is 0. The molecule has 1 aliphatic heterocycles. The van der Waals surface area contributed by atoms with Gasteiger partial charge in [-0.2, -0.15) is 0 Å². The molecule has 1 amide bonds. The average molecular weight is 275 g/mol. The summed E-state index contributed by atoms with van der Waals surface area (Å²) in [4.78, 5) is 12.1. The highest BCUT2D eigenvalue weighted by Gasteiger charge is 2.30. The van der Waals surface area contributed by atoms with Gasteiger partial charge in [0.2, 0.25) is 0 Å². The molecule has 1 aromatic carbocycles. The van der Waals surface area contributed by atoms with Crippen molar-refractivity contribution in [3.8, 4) is 18.1 Å². The highest BCUT2D eigenvalue weighted by atomic mass is 16.5. The van der Waals surface area contributed by atoms with Crippen molar-refractivity contribution in [2.24, 2.45) is 0 Å². The lowest BCUT2D eigenvalue weighted by Crippen LogP contribution is -2.45. The highest BCUT2D eigenvalue weighted by Crippen LogP contribution is 2.29. The predicted octanol–water partition coefficient (Wildman–Crippen LogP) is 1.53. The van der Waals surface area contributed by atoms with Crippen LogP contribution in [-0.4, -0.2) is 47.0 Å². The number of hydrogen-bond acceptors (Lipinski definition) is 3. The smallest absolute Gasteiger partial charge is 0.407 e. The Balaban J connectivity index is 2.01. The monoisotopic (exact) mass is 275 g/mol. The molecule has 1 saturated heterocycles. The molecule has 5 heteroatoms. The maximum atomic E-state index is 10.9. The summed E-state index contributed by atoms with van der Waals surface area (Å²) in [5, 5.41) is 19.0. The molecule has 1 fully saturated rings. The van der Waals surface area contributed by atoms with Crippen molar-refractivity contribution in [2.75, 3.05) is 19.7 Å². The maximum absolute atomic E-state index is 10.9. The lowest BCUT2D eigenvalue weighted by atomic mass is 9.87. The molecule has 1 heterocycles. The largest absolute Gasteiger partial charge is 0.481 e. The van der Waals surface area contributed by atoms with Gasteiger partial charge in [-0.3, -0.25) is 0 Å². The van der Waals surface area contributed by atoms with Crippen molar-refractivity contribution in [1.29, 1.82) is 0 Å². The number of nitrogens with zero attached hydrogens (tertiary/aromatic N) is 1. The van der Waals surface area contributed by atoms with Gasteiger partial charge in [0.05, 0.1) is 12.6 Å². The van der Waals surface area contributed by atoms with Crippen LogP contribution in [0.25, 0.3) is 0 Å². The zero-order valence-electron chi connectivity index (χ0n) is 11.0. The Hall–Kier alpha value is -2.19. The van der Waals surface area contributed by atoms with Crippen LogP contribution in [0.5, 0.6) is 5.75 Å². The van der Waals surface area contributed by atoms with Gasteiger partial charge in [0.15, 0.2) is 0 Å². The van der Waals surface area contributed by atoms with Crippen LogP contribution < -0.4 is 4.74 Å². The first kappa shape index (κ1) is 14.2. The maximum Gasteiger partial charge on any atom is 0.407 e. The Morgan fingerprint density at radius 1 is 1.45 bits per heavy atom. The summed E-state index contributed by atoms with van der Waals surface area (Å²) in [6.45, 7) is 0.806. The van der Waals surface area contributed by atoms with Crippen molar-refractivity contribution in [1.82, 2.24) is 4.90 Å². The van der Waals surface area contributed by atoms with Crippen LogP contribution >= 0.6 is 0 Å². The van der Waals surface area contributed by atoms with Crippen molar-refractivity contribution in [2.45, 2.75) is 18.4 Å². The molecule has 106 valence electrons. The minimum atomic E-state index is -0.986. The van der Waals surface area contributed by atoms with Gasteiger partial charge in [-0.05, 0) is 24.1 Å². The molecule has 2 rings (SSSR count). The third-order valence-corrected chi connectivity index (χ3v) is 3.48. The number of carboxylic acid groups (broad SMARTS) is 1. The Morgan fingerprint density at radius 3 is 2.70 bits per heavy atom. The summed E-state index contributed by atoms with van der Waals surface area (Å²) in [5.41, 5.74) is 0.982. The molecule has 0 saturated carbocycles. The molecule has 0 aliphatic carbocycles. The van der Waals surface area contributed by atoms with Gasteiger partial charge in [-0.1, -0.05) is 18.1 Å². The van der Waals surface area contributed by atoms with Crippen molar-refractivity contribution in [3.05, 3.63) is 29.8 Å². The zero-order chi connectivity index (χ0) is 14.5. The summed E-state index contributed by atoms with van der Waals surface area (Å²) < 4.78 is 5.29. The van der Waals surface area contributed by atoms with Crippen molar-refractivity contribution in [3.63, 3.8) is 0 Å². The van der Waals surface area contributed by atoms with Crippen LogP contribution in [-0.2, 0) is 0 Å². The van der Waals surface area contributed by atoms with E-state index in [1.807, 2.05) is 24.3 Å². The third-order valence-electron chi connectivity index (χ3n) is 3.48. The first-order valence-electron chi connectivity index (χ1n) is 6.44. The molecule has 5 nitrogen and oxygen atoms in total. The summed E-state index contributed by atoms with van der Waals surface area (Å²) in [6.07, 6.45) is 4.06. The number of piperidine rings is 1. The van der Waals surface area contributed by atoms with E-state index in [9.17, 15) is 9.90 Å². The standard InChI is InChI=1S/C15H17NO4/c1-2-9-20-12-5-3-11(4-6-12)13-7-8-16(15(18)19)10-14(13)17/h1,3-6,13-14,17H,7-10H2,(H,18,19). The molecule has 2 N–H and O–H groups in total. The van der Waals surface area contributed by atoms with E-state index in [-0.39, 0.29) is 19.1 Å². The minimum absolute atomic E-state index is 0.0488. The number of aliphatic hydroxyl groups excluding tert-OH is 1. The summed E-state index contributed by atoms with van der Waals surface area (Å²) >= 11 is 0. The number of ether oxygens (including phenoxy) is 1. The van der Waals surface area contributed by atoms with Crippen molar-refractivity contribution < 1.29 is 19.7 Å². The Kier molecular flexibility index (Phi) is 4.49. The van der Waals surface area contributed by atoms with Crippen LogP contribution in [0, 0.1) is 12.3 Å². The fourth-order valence-electron chi connectivity index (χ4n) is 2.43. The molecule has 1 aromatic rings. The van der Waals surface area contributed by atoms with E-state index in [0.29, 0.717) is 18.7 Å². The molecule has 2 unspecified atom stereocenters. The van der Waals surface area contributed by atoms with E-state index in [2.05, 4.69) is 5.92 Å². The number of likely N-dealkylation sites (tertiary alicyclic amines) is 1. The topological polar surface area (TPSA) is 70.0 Å².